The van der Waals surface area contributed by atoms with Crippen LogP contribution in [0.4, 0.5) is 0 Å². The molecule has 3 rings (SSSR count). The van der Waals surface area contributed by atoms with Gasteiger partial charge >= 0.3 is 0 Å². The highest BCUT2D eigenvalue weighted by molar-refractivity contribution is 5.99. The number of carbonyl (C=O) groups excluding carboxylic acids is 2. The van der Waals surface area contributed by atoms with Crippen LogP contribution >= 0.6 is 0 Å². The van der Waals surface area contributed by atoms with E-state index in [1.807, 2.05) is 4.90 Å². The number of rotatable bonds is 6. The molecule has 2 aliphatic rings. The first-order valence-corrected chi connectivity index (χ1v) is 10.4. The van der Waals surface area contributed by atoms with Gasteiger partial charge in [-0.1, -0.05) is 12.1 Å². The van der Waals surface area contributed by atoms with Crippen LogP contribution in [0.1, 0.15) is 46.9 Å². The maximum Gasteiger partial charge on any atom is 0.253 e. The first-order chi connectivity index (χ1) is 13.5. The molecule has 1 aromatic rings. The minimum absolute atomic E-state index is 0.00826. The molecule has 2 fully saturated rings. The van der Waals surface area contributed by atoms with Crippen molar-refractivity contribution in [3.63, 3.8) is 0 Å². The number of amides is 1. The number of carbonyl (C=O) groups is 2. The summed E-state index contributed by atoms with van der Waals surface area (Å²) in [5, 5.41) is 9.33. The Bertz CT molecular complexity index is 685. The Hall–Kier alpha value is -1.76. The molecule has 154 valence electrons. The molecular formula is C22H33N3O3. The molecule has 1 amide bonds. The summed E-state index contributed by atoms with van der Waals surface area (Å²) in [6.45, 7) is 7.51. The zero-order valence-corrected chi connectivity index (χ0v) is 17.1. The Morgan fingerprint density at radius 1 is 1.11 bits per heavy atom. The largest absolute Gasteiger partial charge is 0.396 e. The predicted octanol–water partition coefficient (Wildman–Crippen LogP) is 1.74. The molecule has 2 heterocycles. The molecular weight excluding hydrogens is 354 g/mol. The Morgan fingerprint density at radius 3 is 2.50 bits per heavy atom. The minimum atomic E-state index is -0.0238. The van der Waals surface area contributed by atoms with E-state index in [2.05, 4.69) is 16.8 Å². The monoisotopic (exact) mass is 387 g/mol. The van der Waals surface area contributed by atoms with Crippen molar-refractivity contribution >= 4 is 11.7 Å². The fourth-order valence-electron chi connectivity index (χ4n) is 4.53. The van der Waals surface area contributed by atoms with Crippen LogP contribution in [-0.4, -0.2) is 90.5 Å². The third-order valence-corrected chi connectivity index (χ3v) is 6.24. The van der Waals surface area contributed by atoms with Crippen molar-refractivity contribution in [2.45, 2.75) is 32.2 Å². The molecule has 6 nitrogen and oxygen atoms in total. The summed E-state index contributed by atoms with van der Waals surface area (Å²) in [7, 11) is 2.16. The molecule has 0 aliphatic carbocycles. The van der Waals surface area contributed by atoms with Crippen molar-refractivity contribution in [1.29, 1.82) is 0 Å². The SMILES string of the molecule is CC(=O)c1cccc(C(=O)N2CC[C@H](N3CCN(C)CC3)[C@H](CCCO)C2)c1. The second kappa shape index (κ2) is 9.63. The van der Waals surface area contributed by atoms with Crippen molar-refractivity contribution < 1.29 is 14.7 Å². The van der Waals surface area contributed by atoms with Gasteiger partial charge in [-0.15, -0.1) is 0 Å². The Kier molecular flexibility index (Phi) is 7.21. The van der Waals surface area contributed by atoms with Crippen molar-refractivity contribution in [2.75, 3.05) is 52.9 Å². The molecule has 2 aliphatic heterocycles. The number of aliphatic hydroxyl groups is 1. The summed E-state index contributed by atoms with van der Waals surface area (Å²) in [6, 6.07) is 7.52. The van der Waals surface area contributed by atoms with Gasteiger partial charge in [0.05, 0.1) is 0 Å². The first kappa shape index (κ1) is 21.0. The van der Waals surface area contributed by atoms with Gasteiger partial charge in [0.15, 0.2) is 5.78 Å². The third-order valence-electron chi connectivity index (χ3n) is 6.24. The summed E-state index contributed by atoms with van der Waals surface area (Å²) in [5.74, 6) is 0.363. The van der Waals surface area contributed by atoms with Crippen LogP contribution in [0.15, 0.2) is 24.3 Å². The number of piperidine rings is 1. The number of benzene rings is 1. The van der Waals surface area contributed by atoms with Gasteiger partial charge in [0, 0.05) is 63.0 Å². The first-order valence-electron chi connectivity index (χ1n) is 10.4. The molecule has 2 atom stereocenters. The number of ketones is 1. The van der Waals surface area contributed by atoms with E-state index in [1.54, 1.807) is 24.3 Å². The van der Waals surface area contributed by atoms with Crippen LogP contribution in [0.5, 0.6) is 0 Å². The number of likely N-dealkylation sites (tertiary alicyclic amines) is 1. The minimum Gasteiger partial charge on any atom is -0.396 e. The lowest BCUT2D eigenvalue weighted by Gasteiger charge is -2.46. The van der Waals surface area contributed by atoms with Crippen LogP contribution in [0.3, 0.4) is 0 Å². The van der Waals surface area contributed by atoms with Gasteiger partial charge in [-0.05, 0) is 51.3 Å². The smallest absolute Gasteiger partial charge is 0.253 e. The highest BCUT2D eigenvalue weighted by Crippen LogP contribution is 2.28. The number of nitrogens with zero attached hydrogens (tertiary/aromatic N) is 3. The Balaban J connectivity index is 1.70. The van der Waals surface area contributed by atoms with Crippen LogP contribution < -0.4 is 0 Å². The predicted molar refractivity (Wildman–Crippen MR) is 110 cm³/mol. The second-order valence-corrected chi connectivity index (χ2v) is 8.21. The van der Waals surface area contributed by atoms with Crippen LogP contribution in [0.25, 0.3) is 0 Å². The van der Waals surface area contributed by atoms with Crippen molar-refractivity contribution in [1.82, 2.24) is 14.7 Å². The summed E-state index contributed by atoms with van der Waals surface area (Å²) in [5.41, 5.74) is 1.17. The third kappa shape index (κ3) is 4.99. The van der Waals surface area contributed by atoms with E-state index in [0.29, 0.717) is 23.1 Å². The number of piperazine rings is 1. The van der Waals surface area contributed by atoms with E-state index in [4.69, 9.17) is 0 Å². The van der Waals surface area contributed by atoms with E-state index < -0.39 is 0 Å². The van der Waals surface area contributed by atoms with E-state index in [-0.39, 0.29) is 18.3 Å². The number of Topliss-reactive ketones (excluding diaryl/α,β-unsaturated/α-hetero) is 1. The molecule has 6 heteroatoms. The molecule has 1 aromatic carbocycles. The number of likely N-dealkylation sites (N-methyl/N-ethyl adjacent to an activating group) is 1. The van der Waals surface area contributed by atoms with Crippen LogP contribution in [0.2, 0.25) is 0 Å². The van der Waals surface area contributed by atoms with E-state index >= 15 is 0 Å². The van der Waals surface area contributed by atoms with Gasteiger partial charge < -0.3 is 14.9 Å². The van der Waals surface area contributed by atoms with Gasteiger partial charge in [0.1, 0.15) is 0 Å². The van der Waals surface area contributed by atoms with Gasteiger partial charge in [-0.3, -0.25) is 14.5 Å². The van der Waals surface area contributed by atoms with E-state index in [1.165, 1.54) is 6.92 Å². The maximum absolute atomic E-state index is 13.1. The molecule has 0 aromatic heterocycles. The normalized spacial score (nSPS) is 24.3. The van der Waals surface area contributed by atoms with Gasteiger partial charge in [0.2, 0.25) is 0 Å². The fraction of sp³-hybridized carbons (Fsp3) is 0.636. The molecule has 0 radical (unpaired) electrons. The molecule has 0 saturated carbocycles. The standard InChI is InChI=1S/C22H33N3O3/c1-17(27)18-5-3-6-19(15-18)22(28)25-9-8-21(20(16-25)7-4-14-26)24-12-10-23(2)11-13-24/h3,5-6,15,20-21,26H,4,7-14,16H2,1-2H3/t20-,21+/m1/s1. The van der Waals surface area contributed by atoms with Crippen LogP contribution in [0, 0.1) is 5.92 Å². The molecule has 0 spiro atoms. The van der Waals surface area contributed by atoms with Crippen molar-refractivity contribution in [3.05, 3.63) is 35.4 Å². The van der Waals surface area contributed by atoms with E-state index in [9.17, 15) is 14.7 Å². The Labute approximate surface area is 168 Å². The van der Waals surface area contributed by atoms with Gasteiger partial charge in [-0.2, -0.15) is 0 Å². The molecule has 2 saturated heterocycles. The number of hydrogen-bond acceptors (Lipinski definition) is 5. The van der Waals surface area contributed by atoms with Crippen LogP contribution in [-0.2, 0) is 0 Å². The zero-order chi connectivity index (χ0) is 20.1. The molecule has 28 heavy (non-hydrogen) atoms. The quantitative estimate of drug-likeness (QED) is 0.754. The topological polar surface area (TPSA) is 64.1 Å². The number of aliphatic hydroxyl groups excluding tert-OH is 1. The highest BCUT2D eigenvalue weighted by atomic mass is 16.3. The summed E-state index contributed by atoms with van der Waals surface area (Å²) < 4.78 is 0. The van der Waals surface area contributed by atoms with Gasteiger partial charge in [-0.25, -0.2) is 0 Å². The summed E-state index contributed by atoms with van der Waals surface area (Å²) in [6.07, 6.45) is 2.68. The average molecular weight is 388 g/mol. The number of hydrogen-bond donors (Lipinski definition) is 1. The molecule has 1 N–H and O–H groups in total. The summed E-state index contributed by atoms with van der Waals surface area (Å²) >= 11 is 0. The molecule has 0 bridgehead atoms. The lowest BCUT2D eigenvalue weighted by molar-refractivity contribution is 0.0218. The zero-order valence-electron chi connectivity index (χ0n) is 17.1. The highest BCUT2D eigenvalue weighted by Gasteiger charge is 2.35. The average Bonchev–Trinajstić information content (AvgIpc) is 2.72. The summed E-state index contributed by atoms with van der Waals surface area (Å²) in [4.78, 5) is 31.6. The van der Waals surface area contributed by atoms with Crippen molar-refractivity contribution in [2.24, 2.45) is 5.92 Å². The molecule has 0 unspecified atom stereocenters. The maximum atomic E-state index is 13.1. The lowest BCUT2D eigenvalue weighted by Crippen LogP contribution is -2.56. The van der Waals surface area contributed by atoms with E-state index in [0.717, 1.165) is 58.5 Å². The fourth-order valence-corrected chi connectivity index (χ4v) is 4.53. The lowest BCUT2D eigenvalue weighted by atomic mass is 9.86. The van der Waals surface area contributed by atoms with Crippen molar-refractivity contribution in [3.8, 4) is 0 Å². The Morgan fingerprint density at radius 2 is 1.82 bits per heavy atom. The van der Waals surface area contributed by atoms with Gasteiger partial charge in [0.25, 0.3) is 5.91 Å². The second-order valence-electron chi connectivity index (χ2n) is 8.21.